The first-order chi connectivity index (χ1) is 11.0. The Kier molecular flexibility index (Phi) is 4.82. The van der Waals surface area contributed by atoms with Crippen LogP contribution < -0.4 is 0 Å². The summed E-state index contributed by atoms with van der Waals surface area (Å²) in [6, 6.07) is 2.33. The van der Waals surface area contributed by atoms with Crippen LogP contribution in [0.25, 0.3) is 0 Å². The van der Waals surface area contributed by atoms with Crippen LogP contribution in [0.15, 0.2) is 12.3 Å². The van der Waals surface area contributed by atoms with Gasteiger partial charge in [0.25, 0.3) is 5.91 Å². The van der Waals surface area contributed by atoms with Crippen molar-refractivity contribution in [1.29, 1.82) is 0 Å². The molecule has 2 aliphatic heterocycles. The molecule has 0 saturated carbocycles. The number of aromatic nitrogens is 1. The number of ketones is 1. The third-order valence-corrected chi connectivity index (χ3v) is 5.12. The van der Waals surface area contributed by atoms with Crippen molar-refractivity contribution in [3.8, 4) is 0 Å². The van der Waals surface area contributed by atoms with Crippen molar-refractivity contribution in [3.05, 3.63) is 23.5 Å². The van der Waals surface area contributed by atoms with Gasteiger partial charge in [-0.2, -0.15) is 0 Å². The van der Waals surface area contributed by atoms with E-state index < -0.39 is 0 Å². The highest BCUT2D eigenvalue weighted by Gasteiger charge is 2.28. The Labute approximate surface area is 137 Å². The fourth-order valence-corrected chi connectivity index (χ4v) is 3.55. The van der Waals surface area contributed by atoms with Gasteiger partial charge >= 0.3 is 0 Å². The average molecular weight is 318 g/mol. The van der Waals surface area contributed by atoms with Gasteiger partial charge in [0.2, 0.25) is 0 Å². The highest BCUT2D eigenvalue weighted by Crippen LogP contribution is 2.18. The SMILES string of the molecule is CC(=O)c1cc(C(=O)N2CCN(C3CCN(C)CC3)CC2)c[nH]1. The molecule has 3 heterocycles. The number of aromatic amines is 1. The molecule has 2 fully saturated rings. The molecule has 2 saturated heterocycles. The maximum absolute atomic E-state index is 12.5. The monoisotopic (exact) mass is 318 g/mol. The van der Waals surface area contributed by atoms with Crippen molar-refractivity contribution in [3.63, 3.8) is 0 Å². The van der Waals surface area contributed by atoms with E-state index in [1.807, 2.05) is 4.90 Å². The van der Waals surface area contributed by atoms with Gasteiger partial charge < -0.3 is 14.8 Å². The van der Waals surface area contributed by atoms with E-state index in [2.05, 4.69) is 21.8 Å². The van der Waals surface area contributed by atoms with Gasteiger partial charge in [-0.15, -0.1) is 0 Å². The molecule has 1 aromatic rings. The summed E-state index contributed by atoms with van der Waals surface area (Å²) in [5.41, 5.74) is 1.08. The Morgan fingerprint density at radius 3 is 2.30 bits per heavy atom. The van der Waals surface area contributed by atoms with Crippen molar-refractivity contribution in [1.82, 2.24) is 19.7 Å². The van der Waals surface area contributed by atoms with Crippen molar-refractivity contribution in [2.24, 2.45) is 0 Å². The van der Waals surface area contributed by atoms with Gasteiger partial charge in [-0.25, -0.2) is 0 Å². The predicted octanol–water partition coefficient (Wildman–Crippen LogP) is 1.07. The second-order valence-electron chi connectivity index (χ2n) is 6.72. The minimum Gasteiger partial charge on any atom is -0.358 e. The maximum atomic E-state index is 12.5. The number of piperidine rings is 1. The van der Waals surface area contributed by atoms with E-state index in [4.69, 9.17) is 0 Å². The van der Waals surface area contributed by atoms with Gasteiger partial charge in [0.05, 0.1) is 11.3 Å². The molecule has 23 heavy (non-hydrogen) atoms. The molecule has 2 aliphatic rings. The first kappa shape index (κ1) is 16.2. The molecule has 0 spiro atoms. The van der Waals surface area contributed by atoms with Crippen LogP contribution in [0.4, 0.5) is 0 Å². The number of hydrogen-bond acceptors (Lipinski definition) is 4. The van der Waals surface area contributed by atoms with E-state index >= 15 is 0 Å². The molecule has 1 aromatic heterocycles. The highest BCUT2D eigenvalue weighted by molar-refractivity contribution is 5.99. The standard InChI is InChI=1S/C17H26N4O2/c1-13(22)16-11-14(12-18-16)17(23)21-9-7-20(8-10-21)15-3-5-19(2)6-4-15/h11-12,15,18H,3-10H2,1-2H3. The Balaban J connectivity index is 1.53. The zero-order valence-electron chi connectivity index (χ0n) is 14.0. The lowest BCUT2D eigenvalue weighted by molar-refractivity contribution is 0.0475. The van der Waals surface area contributed by atoms with Crippen LogP contribution >= 0.6 is 0 Å². The smallest absolute Gasteiger partial charge is 0.255 e. The molecule has 6 nitrogen and oxygen atoms in total. The van der Waals surface area contributed by atoms with Gasteiger partial charge in [-0.1, -0.05) is 0 Å². The second-order valence-corrected chi connectivity index (χ2v) is 6.72. The summed E-state index contributed by atoms with van der Waals surface area (Å²) in [7, 11) is 2.18. The zero-order chi connectivity index (χ0) is 16.4. The largest absolute Gasteiger partial charge is 0.358 e. The lowest BCUT2D eigenvalue weighted by Gasteiger charge is -2.42. The van der Waals surface area contributed by atoms with Crippen LogP contribution in [-0.4, -0.2) is 83.7 Å². The van der Waals surface area contributed by atoms with Gasteiger partial charge in [0.1, 0.15) is 0 Å². The Bertz CT molecular complexity index is 567. The summed E-state index contributed by atoms with van der Waals surface area (Å²) in [5.74, 6) is -0.0205. The molecule has 0 aromatic carbocycles. The lowest BCUT2D eigenvalue weighted by atomic mass is 10.0. The Morgan fingerprint density at radius 2 is 1.74 bits per heavy atom. The number of Topliss-reactive ketones (excluding diaryl/α,β-unsaturated/α-hetero) is 1. The van der Waals surface area contributed by atoms with Gasteiger partial charge in [0.15, 0.2) is 5.78 Å². The summed E-state index contributed by atoms with van der Waals surface area (Å²) in [4.78, 5) is 33.6. The minimum absolute atomic E-state index is 0.0248. The fourth-order valence-electron chi connectivity index (χ4n) is 3.55. The fraction of sp³-hybridized carbons (Fsp3) is 0.647. The molecule has 0 aliphatic carbocycles. The molecular weight excluding hydrogens is 292 g/mol. The van der Waals surface area contributed by atoms with Crippen molar-refractivity contribution < 1.29 is 9.59 Å². The van der Waals surface area contributed by atoms with Crippen LogP contribution in [-0.2, 0) is 0 Å². The van der Waals surface area contributed by atoms with Crippen molar-refractivity contribution >= 4 is 11.7 Å². The number of nitrogens with zero attached hydrogens (tertiary/aromatic N) is 3. The van der Waals surface area contributed by atoms with Crippen LogP contribution in [0, 0.1) is 0 Å². The molecule has 126 valence electrons. The van der Waals surface area contributed by atoms with Gasteiger partial charge in [-0.3, -0.25) is 14.5 Å². The van der Waals surface area contributed by atoms with E-state index in [9.17, 15) is 9.59 Å². The second kappa shape index (κ2) is 6.84. The average Bonchev–Trinajstić information content (AvgIpc) is 3.05. The topological polar surface area (TPSA) is 59.7 Å². The van der Waals surface area contributed by atoms with E-state index in [1.54, 1.807) is 12.3 Å². The van der Waals surface area contributed by atoms with Crippen molar-refractivity contribution in [2.75, 3.05) is 46.3 Å². The number of carbonyl (C=O) groups excluding carboxylic acids is 2. The summed E-state index contributed by atoms with van der Waals surface area (Å²) < 4.78 is 0. The quantitative estimate of drug-likeness (QED) is 0.847. The third kappa shape index (κ3) is 3.64. The van der Waals surface area contributed by atoms with E-state index in [0.717, 1.165) is 26.2 Å². The van der Waals surface area contributed by atoms with Crippen LogP contribution in [0.3, 0.4) is 0 Å². The molecule has 3 rings (SSSR count). The summed E-state index contributed by atoms with van der Waals surface area (Å²) >= 11 is 0. The number of amides is 1. The number of piperazine rings is 1. The Hall–Kier alpha value is -1.66. The van der Waals surface area contributed by atoms with Crippen LogP contribution in [0.1, 0.15) is 40.6 Å². The Morgan fingerprint density at radius 1 is 1.09 bits per heavy atom. The summed E-state index contributed by atoms with van der Waals surface area (Å²) in [6.07, 6.45) is 4.09. The first-order valence-corrected chi connectivity index (χ1v) is 8.46. The van der Waals surface area contributed by atoms with E-state index in [0.29, 0.717) is 17.3 Å². The van der Waals surface area contributed by atoms with Gasteiger partial charge in [0, 0.05) is 45.3 Å². The molecular formula is C17H26N4O2. The number of rotatable bonds is 3. The molecule has 0 bridgehead atoms. The first-order valence-electron chi connectivity index (χ1n) is 8.46. The molecule has 6 heteroatoms. The molecule has 1 amide bonds. The number of hydrogen-bond donors (Lipinski definition) is 1. The minimum atomic E-state index is -0.0452. The maximum Gasteiger partial charge on any atom is 0.255 e. The summed E-state index contributed by atoms with van der Waals surface area (Å²) in [5, 5.41) is 0. The van der Waals surface area contributed by atoms with Crippen molar-refractivity contribution in [2.45, 2.75) is 25.8 Å². The zero-order valence-corrected chi connectivity index (χ0v) is 14.0. The normalized spacial score (nSPS) is 21.6. The molecule has 1 N–H and O–H groups in total. The summed E-state index contributed by atoms with van der Waals surface area (Å²) in [6.45, 7) is 7.27. The van der Waals surface area contributed by atoms with Crippen LogP contribution in [0.5, 0.6) is 0 Å². The third-order valence-electron chi connectivity index (χ3n) is 5.12. The number of carbonyl (C=O) groups is 2. The van der Waals surface area contributed by atoms with Gasteiger partial charge in [-0.05, 0) is 39.0 Å². The molecule has 0 unspecified atom stereocenters. The van der Waals surface area contributed by atoms with Crippen LogP contribution in [0.2, 0.25) is 0 Å². The number of H-pyrrole nitrogens is 1. The highest BCUT2D eigenvalue weighted by atomic mass is 16.2. The lowest BCUT2D eigenvalue weighted by Crippen LogP contribution is -2.54. The van der Waals surface area contributed by atoms with E-state index in [-0.39, 0.29) is 11.7 Å². The number of likely N-dealkylation sites (tertiary alicyclic amines) is 1. The van der Waals surface area contributed by atoms with E-state index in [1.165, 1.54) is 32.9 Å². The predicted molar refractivity (Wildman–Crippen MR) is 88.8 cm³/mol. The number of nitrogens with one attached hydrogen (secondary N) is 1. The molecule has 0 atom stereocenters. The molecule has 0 radical (unpaired) electrons.